The average Bonchev–Trinajstić information content (AvgIpc) is 2.38. The number of halogens is 1. The minimum absolute atomic E-state index is 0.274. The van der Waals surface area contributed by atoms with Crippen LogP contribution < -0.4 is 4.74 Å². The van der Waals surface area contributed by atoms with Gasteiger partial charge in [-0.2, -0.15) is 0 Å². The lowest BCUT2D eigenvalue weighted by Crippen LogP contribution is -2.36. The molecule has 5 nitrogen and oxygen atoms in total. The Balaban J connectivity index is 2.46. The third kappa shape index (κ3) is 6.04. The second kappa shape index (κ2) is 7.31. The Morgan fingerprint density at radius 2 is 2.05 bits per heavy atom. The third-order valence-electron chi connectivity index (χ3n) is 2.48. The van der Waals surface area contributed by atoms with Gasteiger partial charge in [-0.25, -0.2) is 4.79 Å². The number of rotatable bonds is 5. The van der Waals surface area contributed by atoms with Gasteiger partial charge >= 0.3 is 6.09 Å². The highest BCUT2D eigenvalue weighted by molar-refractivity contribution is 6.32. The molecule has 1 amide bonds. The van der Waals surface area contributed by atoms with E-state index in [1.54, 1.807) is 19.2 Å². The first-order valence-corrected chi connectivity index (χ1v) is 6.92. The van der Waals surface area contributed by atoms with Gasteiger partial charge in [0.25, 0.3) is 0 Å². The third-order valence-corrected chi connectivity index (χ3v) is 2.78. The van der Waals surface area contributed by atoms with Crippen molar-refractivity contribution in [3.8, 4) is 5.75 Å². The van der Waals surface area contributed by atoms with Gasteiger partial charge in [-0.05, 0) is 39.0 Å². The van der Waals surface area contributed by atoms with Crippen LogP contribution in [0.5, 0.6) is 5.75 Å². The van der Waals surface area contributed by atoms with Gasteiger partial charge in [0.05, 0.1) is 11.6 Å². The molecule has 0 bridgehead atoms. The molecule has 6 heteroatoms. The summed E-state index contributed by atoms with van der Waals surface area (Å²) in [6.07, 6.45) is 0.305. The van der Waals surface area contributed by atoms with Gasteiger partial charge in [0.2, 0.25) is 0 Å². The Bertz CT molecular complexity index is 511. The highest BCUT2D eigenvalue weighted by Crippen LogP contribution is 2.24. The topological polar surface area (TPSA) is 55.8 Å². The molecule has 0 unspecified atom stereocenters. The number of likely N-dealkylation sites (N-methyl/N-ethyl adjacent to an activating group) is 1. The minimum Gasteiger partial charge on any atom is -0.490 e. The first-order chi connectivity index (χ1) is 9.73. The van der Waals surface area contributed by atoms with Crippen LogP contribution in [0.15, 0.2) is 18.2 Å². The van der Waals surface area contributed by atoms with Crippen LogP contribution in [0.2, 0.25) is 5.02 Å². The molecule has 0 spiro atoms. The number of aldehydes is 1. The van der Waals surface area contributed by atoms with E-state index in [1.807, 2.05) is 20.8 Å². The van der Waals surface area contributed by atoms with Crippen LogP contribution in [0.3, 0.4) is 0 Å². The van der Waals surface area contributed by atoms with Crippen molar-refractivity contribution in [2.75, 3.05) is 20.2 Å². The number of hydrogen-bond acceptors (Lipinski definition) is 4. The predicted molar refractivity (Wildman–Crippen MR) is 81.2 cm³/mol. The number of benzene rings is 1. The Morgan fingerprint density at radius 3 is 2.57 bits per heavy atom. The van der Waals surface area contributed by atoms with Crippen molar-refractivity contribution in [1.82, 2.24) is 4.90 Å². The number of hydrogen-bond donors (Lipinski definition) is 0. The molecule has 0 saturated carbocycles. The highest BCUT2D eigenvalue weighted by atomic mass is 35.5. The smallest absolute Gasteiger partial charge is 0.410 e. The monoisotopic (exact) mass is 313 g/mol. The van der Waals surface area contributed by atoms with Gasteiger partial charge in [-0.3, -0.25) is 4.79 Å². The molecule has 1 rings (SSSR count). The lowest BCUT2D eigenvalue weighted by molar-refractivity contribution is 0.0278. The van der Waals surface area contributed by atoms with Crippen molar-refractivity contribution in [2.24, 2.45) is 0 Å². The maximum absolute atomic E-state index is 11.7. The van der Waals surface area contributed by atoms with Crippen LogP contribution in [0.1, 0.15) is 31.1 Å². The summed E-state index contributed by atoms with van der Waals surface area (Å²) in [6, 6.07) is 4.77. The fourth-order valence-corrected chi connectivity index (χ4v) is 1.67. The highest BCUT2D eigenvalue weighted by Gasteiger charge is 2.19. The Labute approximate surface area is 129 Å². The van der Waals surface area contributed by atoms with E-state index in [9.17, 15) is 9.59 Å². The molecule has 0 fully saturated rings. The molecule has 0 saturated heterocycles. The summed E-state index contributed by atoms with van der Waals surface area (Å²) in [6.45, 7) is 6.06. The fraction of sp³-hybridized carbons (Fsp3) is 0.467. The number of carbonyl (C=O) groups excluding carboxylic acids is 2. The van der Waals surface area contributed by atoms with Crippen LogP contribution in [0.4, 0.5) is 4.79 Å². The normalized spacial score (nSPS) is 10.9. The quantitative estimate of drug-likeness (QED) is 0.782. The maximum Gasteiger partial charge on any atom is 0.410 e. The second-order valence-electron chi connectivity index (χ2n) is 5.56. The molecule has 0 aliphatic carbocycles. The summed E-state index contributed by atoms with van der Waals surface area (Å²) in [7, 11) is 1.63. The van der Waals surface area contributed by atoms with Crippen molar-refractivity contribution in [2.45, 2.75) is 26.4 Å². The molecule has 21 heavy (non-hydrogen) atoms. The summed E-state index contributed by atoms with van der Waals surface area (Å²) in [4.78, 5) is 23.8. The first kappa shape index (κ1) is 17.3. The summed E-state index contributed by atoms with van der Waals surface area (Å²) in [5.41, 5.74) is -0.0431. The van der Waals surface area contributed by atoms with Crippen molar-refractivity contribution in [3.63, 3.8) is 0 Å². The Kier molecular flexibility index (Phi) is 6.03. The maximum atomic E-state index is 11.7. The largest absolute Gasteiger partial charge is 0.490 e. The average molecular weight is 314 g/mol. The predicted octanol–water partition coefficient (Wildman–Crippen LogP) is 3.40. The zero-order valence-electron chi connectivity index (χ0n) is 12.7. The Morgan fingerprint density at radius 1 is 1.38 bits per heavy atom. The zero-order chi connectivity index (χ0) is 16.0. The van der Waals surface area contributed by atoms with E-state index >= 15 is 0 Å². The van der Waals surface area contributed by atoms with Crippen LogP contribution in [-0.2, 0) is 4.74 Å². The molecule has 0 heterocycles. The standard InChI is InChI=1S/C15H20ClNO4/c1-15(2,3)21-14(19)17(4)7-8-20-13-6-5-11(10-18)9-12(13)16/h5-6,9-10H,7-8H2,1-4H3. The number of carbonyl (C=O) groups is 2. The lowest BCUT2D eigenvalue weighted by Gasteiger charge is -2.24. The second-order valence-corrected chi connectivity index (χ2v) is 5.97. The number of ether oxygens (including phenoxy) is 2. The van der Waals surface area contributed by atoms with E-state index in [4.69, 9.17) is 21.1 Å². The molecular weight excluding hydrogens is 294 g/mol. The van der Waals surface area contributed by atoms with Gasteiger partial charge < -0.3 is 14.4 Å². The molecule has 0 aliphatic heterocycles. The Hall–Kier alpha value is -1.75. The van der Waals surface area contributed by atoms with Gasteiger partial charge in [0.15, 0.2) is 0 Å². The van der Waals surface area contributed by atoms with E-state index in [2.05, 4.69) is 0 Å². The van der Waals surface area contributed by atoms with E-state index in [0.717, 1.165) is 0 Å². The van der Waals surface area contributed by atoms with E-state index in [-0.39, 0.29) is 6.61 Å². The van der Waals surface area contributed by atoms with E-state index in [1.165, 1.54) is 11.0 Å². The van der Waals surface area contributed by atoms with Crippen LogP contribution >= 0.6 is 11.6 Å². The molecule has 0 aromatic heterocycles. The molecule has 0 radical (unpaired) electrons. The fourth-order valence-electron chi connectivity index (χ4n) is 1.43. The van der Waals surface area contributed by atoms with Crippen molar-refractivity contribution in [1.29, 1.82) is 0 Å². The molecule has 1 aromatic carbocycles. The molecule has 116 valence electrons. The van der Waals surface area contributed by atoms with Gasteiger partial charge in [-0.1, -0.05) is 11.6 Å². The lowest BCUT2D eigenvalue weighted by atomic mass is 10.2. The van der Waals surface area contributed by atoms with Crippen molar-refractivity contribution < 1.29 is 19.1 Å². The summed E-state index contributed by atoms with van der Waals surface area (Å²) in [5.74, 6) is 0.472. The molecular formula is C15H20ClNO4. The van der Waals surface area contributed by atoms with Gasteiger partial charge in [0.1, 0.15) is 24.2 Å². The number of nitrogens with zero attached hydrogens (tertiary/aromatic N) is 1. The van der Waals surface area contributed by atoms with Crippen LogP contribution in [-0.4, -0.2) is 43.1 Å². The molecule has 0 atom stereocenters. The molecule has 1 aromatic rings. The molecule has 0 aliphatic rings. The SMILES string of the molecule is CN(CCOc1ccc(C=O)cc1Cl)C(=O)OC(C)(C)C. The first-order valence-electron chi connectivity index (χ1n) is 6.54. The van der Waals surface area contributed by atoms with E-state index < -0.39 is 11.7 Å². The van der Waals surface area contributed by atoms with Gasteiger partial charge in [-0.15, -0.1) is 0 Å². The summed E-state index contributed by atoms with van der Waals surface area (Å²) >= 11 is 5.98. The summed E-state index contributed by atoms with van der Waals surface area (Å²) < 4.78 is 10.7. The van der Waals surface area contributed by atoms with E-state index in [0.29, 0.717) is 29.2 Å². The summed E-state index contributed by atoms with van der Waals surface area (Å²) in [5, 5.41) is 0.361. The van der Waals surface area contributed by atoms with Crippen molar-refractivity contribution in [3.05, 3.63) is 28.8 Å². The molecule has 0 N–H and O–H groups in total. The van der Waals surface area contributed by atoms with Crippen LogP contribution in [0.25, 0.3) is 0 Å². The minimum atomic E-state index is -0.528. The zero-order valence-corrected chi connectivity index (χ0v) is 13.4. The van der Waals surface area contributed by atoms with Crippen molar-refractivity contribution >= 4 is 24.0 Å². The van der Waals surface area contributed by atoms with Crippen LogP contribution in [0, 0.1) is 0 Å². The number of amides is 1. The van der Waals surface area contributed by atoms with Gasteiger partial charge in [0, 0.05) is 12.6 Å².